The van der Waals surface area contributed by atoms with Crippen molar-refractivity contribution in [2.45, 2.75) is 26.2 Å². The molecular formula is C15H20N4S. The maximum atomic E-state index is 4.59. The second kappa shape index (κ2) is 4.67. The van der Waals surface area contributed by atoms with Gasteiger partial charge in [0.1, 0.15) is 17.0 Å². The van der Waals surface area contributed by atoms with Crippen LogP contribution in [-0.4, -0.2) is 36.1 Å². The summed E-state index contributed by atoms with van der Waals surface area (Å²) in [6.07, 6.45) is 5.40. The molecule has 4 heterocycles. The van der Waals surface area contributed by atoms with E-state index in [0.717, 1.165) is 30.2 Å². The third-order valence-corrected chi connectivity index (χ3v) is 5.97. The van der Waals surface area contributed by atoms with Gasteiger partial charge in [-0.15, -0.1) is 11.3 Å². The normalized spacial score (nSPS) is 26.1. The Kier molecular flexibility index (Phi) is 2.93. The van der Waals surface area contributed by atoms with Gasteiger partial charge in [0, 0.05) is 29.9 Å². The van der Waals surface area contributed by atoms with Crippen LogP contribution in [0.4, 0.5) is 5.82 Å². The molecule has 1 spiro atoms. The van der Waals surface area contributed by atoms with Gasteiger partial charge in [0.15, 0.2) is 0 Å². The molecule has 1 unspecified atom stereocenters. The summed E-state index contributed by atoms with van der Waals surface area (Å²) in [4.78, 5) is 14.0. The fourth-order valence-corrected chi connectivity index (χ4v) is 4.51. The van der Waals surface area contributed by atoms with Gasteiger partial charge in [-0.25, -0.2) is 9.97 Å². The predicted molar refractivity (Wildman–Crippen MR) is 83.5 cm³/mol. The fourth-order valence-electron chi connectivity index (χ4n) is 3.58. The van der Waals surface area contributed by atoms with E-state index in [1.54, 1.807) is 17.7 Å². The lowest BCUT2D eigenvalue weighted by atomic mass is 9.87. The summed E-state index contributed by atoms with van der Waals surface area (Å²) in [6.45, 7) is 6.81. The van der Waals surface area contributed by atoms with E-state index < -0.39 is 0 Å². The van der Waals surface area contributed by atoms with Crippen LogP contribution in [0.15, 0.2) is 12.4 Å². The molecule has 4 nitrogen and oxygen atoms in total. The van der Waals surface area contributed by atoms with Crippen molar-refractivity contribution >= 4 is 27.4 Å². The van der Waals surface area contributed by atoms with Crippen molar-refractivity contribution in [3.05, 3.63) is 17.3 Å². The van der Waals surface area contributed by atoms with Gasteiger partial charge in [-0.2, -0.15) is 0 Å². The molecule has 0 amide bonds. The van der Waals surface area contributed by atoms with Gasteiger partial charge in [0.25, 0.3) is 0 Å². The molecule has 0 saturated carbocycles. The van der Waals surface area contributed by atoms with Crippen molar-refractivity contribution < 1.29 is 0 Å². The molecule has 0 radical (unpaired) electrons. The number of nitrogens with one attached hydrogen (secondary N) is 1. The third-order valence-electron chi connectivity index (χ3n) is 4.78. The number of thiophene rings is 1. The predicted octanol–water partition coefficient (Wildman–Crippen LogP) is 2.44. The highest BCUT2D eigenvalue weighted by atomic mass is 32.1. The minimum Gasteiger partial charge on any atom is -0.355 e. The molecule has 0 bridgehead atoms. The molecule has 1 N–H and O–H groups in total. The number of nitrogens with zero attached hydrogens (tertiary/aromatic N) is 3. The largest absolute Gasteiger partial charge is 0.355 e. The minimum atomic E-state index is 0.487. The van der Waals surface area contributed by atoms with Crippen LogP contribution in [0.5, 0.6) is 0 Å². The number of hydrogen-bond acceptors (Lipinski definition) is 5. The van der Waals surface area contributed by atoms with E-state index in [1.165, 1.54) is 36.2 Å². The summed E-state index contributed by atoms with van der Waals surface area (Å²) in [5.74, 6) is 1.15. The second-order valence-electron chi connectivity index (χ2n) is 6.08. The van der Waals surface area contributed by atoms with Crippen LogP contribution in [0.2, 0.25) is 0 Å². The first-order valence-corrected chi connectivity index (χ1v) is 8.30. The monoisotopic (exact) mass is 288 g/mol. The van der Waals surface area contributed by atoms with Gasteiger partial charge in [0.2, 0.25) is 0 Å². The van der Waals surface area contributed by atoms with Gasteiger partial charge >= 0.3 is 0 Å². The summed E-state index contributed by atoms with van der Waals surface area (Å²) in [7, 11) is 0. The molecule has 5 heteroatoms. The van der Waals surface area contributed by atoms with E-state index in [4.69, 9.17) is 0 Å². The van der Waals surface area contributed by atoms with E-state index in [9.17, 15) is 0 Å². The highest BCUT2D eigenvalue weighted by Gasteiger charge is 2.41. The zero-order valence-electron chi connectivity index (χ0n) is 11.9. The molecule has 20 heavy (non-hydrogen) atoms. The van der Waals surface area contributed by atoms with Gasteiger partial charge < -0.3 is 10.2 Å². The maximum Gasteiger partial charge on any atom is 0.140 e. The Morgan fingerprint density at radius 3 is 3.15 bits per heavy atom. The maximum absolute atomic E-state index is 4.59. The Balaban J connectivity index is 1.70. The summed E-state index contributed by atoms with van der Waals surface area (Å²) in [5.41, 5.74) is 0.487. The van der Waals surface area contributed by atoms with Gasteiger partial charge in [-0.1, -0.05) is 6.92 Å². The second-order valence-corrected chi connectivity index (χ2v) is 7.20. The lowest BCUT2D eigenvalue weighted by molar-refractivity contribution is 0.369. The SMILES string of the molecule is CCc1cc2c(N3CCC4(CCNC4)C3)ncnc2s1. The Bertz CT molecular complexity index is 630. The van der Waals surface area contributed by atoms with Crippen molar-refractivity contribution in [2.24, 2.45) is 5.41 Å². The number of rotatable bonds is 2. The molecule has 0 aliphatic carbocycles. The van der Waals surface area contributed by atoms with Crippen LogP contribution < -0.4 is 10.2 Å². The van der Waals surface area contributed by atoms with E-state index in [1.807, 2.05) is 0 Å². The van der Waals surface area contributed by atoms with Gasteiger partial charge in [-0.3, -0.25) is 0 Å². The molecule has 106 valence electrons. The zero-order chi connectivity index (χ0) is 13.6. The Hall–Kier alpha value is -1.20. The average Bonchev–Trinajstić information content (AvgIpc) is 3.19. The lowest BCUT2D eigenvalue weighted by Crippen LogP contribution is -2.29. The number of fused-ring (bicyclic) bond motifs is 1. The summed E-state index contributed by atoms with van der Waals surface area (Å²) in [5, 5.41) is 4.77. The average molecular weight is 288 g/mol. The van der Waals surface area contributed by atoms with E-state index in [0.29, 0.717) is 5.41 Å². The van der Waals surface area contributed by atoms with E-state index >= 15 is 0 Å². The molecule has 2 aliphatic rings. The number of aromatic nitrogens is 2. The Morgan fingerprint density at radius 2 is 2.35 bits per heavy atom. The summed E-state index contributed by atoms with van der Waals surface area (Å²) < 4.78 is 0. The number of aryl methyl sites for hydroxylation is 1. The first kappa shape index (κ1) is 12.5. The van der Waals surface area contributed by atoms with Crippen LogP contribution in [0, 0.1) is 5.41 Å². The van der Waals surface area contributed by atoms with E-state index in [2.05, 4.69) is 33.2 Å². The quantitative estimate of drug-likeness (QED) is 0.921. The Labute approximate surface area is 123 Å². The molecule has 2 saturated heterocycles. The highest BCUT2D eigenvalue weighted by molar-refractivity contribution is 7.18. The number of anilines is 1. The van der Waals surface area contributed by atoms with Crippen LogP contribution in [0.1, 0.15) is 24.6 Å². The van der Waals surface area contributed by atoms with Crippen LogP contribution >= 0.6 is 11.3 Å². The molecule has 0 aromatic carbocycles. The molecular weight excluding hydrogens is 268 g/mol. The van der Waals surface area contributed by atoms with Crippen molar-refractivity contribution in [3.8, 4) is 0 Å². The standard InChI is InChI=1S/C15H20N4S/c1-2-11-7-12-13(17-10-18-14(12)20-11)19-6-4-15(9-19)3-5-16-8-15/h7,10,16H,2-6,8-9H2,1H3. The zero-order valence-corrected chi connectivity index (χ0v) is 12.7. The van der Waals surface area contributed by atoms with Crippen LogP contribution in [-0.2, 0) is 6.42 Å². The molecule has 2 fully saturated rings. The topological polar surface area (TPSA) is 41.0 Å². The summed E-state index contributed by atoms with van der Waals surface area (Å²) >= 11 is 1.80. The van der Waals surface area contributed by atoms with Crippen molar-refractivity contribution in [2.75, 3.05) is 31.1 Å². The highest BCUT2D eigenvalue weighted by Crippen LogP contribution is 2.40. The van der Waals surface area contributed by atoms with Crippen LogP contribution in [0.3, 0.4) is 0 Å². The summed E-state index contributed by atoms with van der Waals surface area (Å²) in [6, 6.07) is 2.28. The molecule has 2 aromatic rings. The first-order valence-electron chi connectivity index (χ1n) is 7.49. The van der Waals surface area contributed by atoms with Gasteiger partial charge in [0.05, 0.1) is 5.39 Å². The third kappa shape index (κ3) is 1.91. The lowest BCUT2D eigenvalue weighted by Gasteiger charge is -2.23. The van der Waals surface area contributed by atoms with Crippen molar-refractivity contribution in [1.82, 2.24) is 15.3 Å². The van der Waals surface area contributed by atoms with Crippen molar-refractivity contribution in [3.63, 3.8) is 0 Å². The molecule has 2 aliphatic heterocycles. The number of hydrogen-bond donors (Lipinski definition) is 1. The van der Waals surface area contributed by atoms with Crippen LogP contribution in [0.25, 0.3) is 10.2 Å². The molecule has 1 atom stereocenters. The molecule has 4 rings (SSSR count). The van der Waals surface area contributed by atoms with Gasteiger partial charge in [-0.05, 0) is 31.9 Å². The molecule has 2 aromatic heterocycles. The van der Waals surface area contributed by atoms with E-state index in [-0.39, 0.29) is 0 Å². The first-order chi connectivity index (χ1) is 9.80. The van der Waals surface area contributed by atoms with Crippen molar-refractivity contribution in [1.29, 1.82) is 0 Å². The smallest absolute Gasteiger partial charge is 0.140 e. The fraction of sp³-hybridized carbons (Fsp3) is 0.600. The minimum absolute atomic E-state index is 0.487. The Morgan fingerprint density at radius 1 is 1.40 bits per heavy atom.